The minimum Gasteiger partial charge on any atom is -0.497 e. The van der Waals surface area contributed by atoms with Crippen LogP contribution < -0.4 is 19.5 Å². The Balaban J connectivity index is 1.72. The maximum atomic E-state index is 12.6. The summed E-state index contributed by atoms with van der Waals surface area (Å²) in [4.78, 5) is 12.6. The Bertz CT molecular complexity index is 969. The molecule has 0 radical (unpaired) electrons. The number of aromatic nitrogens is 1. The van der Waals surface area contributed by atoms with E-state index in [0.717, 1.165) is 5.75 Å². The van der Waals surface area contributed by atoms with Gasteiger partial charge in [-0.15, -0.1) is 0 Å². The molecule has 0 unspecified atom stereocenters. The number of halogens is 1. The highest BCUT2D eigenvalue weighted by molar-refractivity contribution is 6.32. The summed E-state index contributed by atoms with van der Waals surface area (Å²) in [5, 5.41) is 7.00. The first-order valence-corrected chi connectivity index (χ1v) is 8.76. The molecular formula is C20H19ClN2O5. The van der Waals surface area contributed by atoms with Crippen molar-refractivity contribution < 1.29 is 23.5 Å². The third kappa shape index (κ3) is 4.37. The molecule has 146 valence electrons. The predicted molar refractivity (Wildman–Crippen MR) is 105 cm³/mol. The Hall–Kier alpha value is -3.19. The fourth-order valence-corrected chi connectivity index (χ4v) is 2.76. The maximum Gasteiger partial charge on any atom is 0.278 e. The van der Waals surface area contributed by atoms with Crippen LogP contribution in [0.25, 0.3) is 0 Å². The number of amides is 1. The van der Waals surface area contributed by atoms with Crippen molar-refractivity contribution >= 4 is 23.2 Å². The van der Waals surface area contributed by atoms with E-state index in [1.807, 2.05) is 0 Å². The molecule has 1 amide bonds. The number of carbonyl (C=O) groups is 1. The lowest BCUT2D eigenvalue weighted by molar-refractivity contribution is 0.101. The average Bonchev–Trinajstić information content (AvgIpc) is 3.07. The summed E-state index contributed by atoms with van der Waals surface area (Å²) < 4.78 is 21.2. The van der Waals surface area contributed by atoms with Crippen molar-refractivity contribution in [1.29, 1.82) is 0 Å². The molecule has 0 aliphatic rings. The second-order valence-corrected chi connectivity index (χ2v) is 6.24. The number of anilines is 1. The van der Waals surface area contributed by atoms with Crippen molar-refractivity contribution in [3.63, 3.8) is 0 Å². The average molecular weight is 403 g/mol. The van der Waals surface area contributed by atoms with Crippen LogP contribution in [-0.2, 0) is 6.61 Å². The van der Waals surface area contributed by atoms with Crippen LogP contribution in [0.3, 0.4) is 0 Å². The summed E-state index contributed by atoms with van der Waals surface area (Å²) in [6.07, 6.45) is 0. The number of nitrogens with one attached hydrogen (secondary N) is 1. The van der Waals surface area contributed by atoms with Gasteiger partial charge in [0.1, 0.15) is 29.6 Å². The maximum absolute atomic E-state index is 12.6. The van der Waals surface area contributed by atoms with Gasteiger partial charge in [0.25, 0.3) is 5.91 Å². The number of ether oxygens (including phenoxy) is 3. The molecule has 28 heavy (non-hydrogen) atoms. The number of hydrogen-bond donors (Lipinski definition) is 1. The lowest BCUT2D eigenvalue weighted by atomic mass is 10.2. The van der Waals surface area contributed by atoms with Gasteiger partial charge in [-0.1, -0.05) is 16.8 Å². The summed E-state index contributed by atoms with van der Waals surface area (Å²) in [5.74, 6) is 1.96. The number of benzene rings is 2. The lowest BCUT2D eigenvalue weighted by Crippen LogP contribution is -2.15. The van der Waals surface area contributed by atoms with Crippen molar-refractivity contribution in [2.45, 2.75) is 13.5 Å². The van der Waals surface area contributed by atoms with Crippen LogP contribution >= 0.6 is 11.6 Å². The van der Waals surface area contributed by atoms with Gasteiger partial charge in [0.05, 0.1) is 24.8 Å². The highest BCUT2D eigenvalue weighted by atomic mass is 35.5. The van der Waals surface area contributed by atoms with E-state index in [-0.39, 0.29) is 12.3 Å². The normalized spacial score (nSPS) is 10.4. The number of rotatable bonds is 7. The van der Waals surface area contributed by atoms with E-state index < -0.39 is 5.91 Å². The van der Waals surface area contributed by atoms with E-state index in [4.69, 9.17) is 30.3 Å². The van der Waals surface area contributed by atoms with Crippen LogP contribution in [0.5, 0.6) is 17.2 Å². The zero-order chi connectivity index (χ0) is 20.1. The van der Waals surface area contributed by atoms with E-state index in [1.54, 1.807) is 56.5 Å². The fraction of sp³-hybridized carbons (Fsp3) is 0.200. The van der Waals surface area contributed by atoms with E-state index in [1.165, 1.54) is 7.11 Å². The molecule has 0 fully saturated rings. The molecule has 7 nitrogen and oxygen atoms in total. The van der Waals surface area contributed by atoms with Crippen molar-refractivity contribution in [2.24, 2.45) is 0 Å². The number of aryl methyl sites for hydroxylation is 1. The molecule has 1 heterocycles. The van der Waals surface area contributed by atoms with E-state index in [0.29, 0.717) is 33.5 Å². The van der Waals surface area contributed by atoms with E-state index in [9.17, 15) is 4.79 Å². The number of methoxy groups -OCH3 is 2. The van der Waals surface area contributed by atoms with Gasteiger partial charge in [-0.05, 0) is 49.4 Å². The van der Waals surface area contributed by atoms with Gasteiger partial charge in [0, 0.05) is 5.69 Å². The molecule has 3 aromatic rings. The first-order valence-electron chi connectivity index (χ1n) is 8.38. The summed E-state index contributed by atoms with van der Waals surface area (Å²) in [6, 6.07) is 12.1. The summed E-state index contributed by atoms with van der Waals surface area (Å²) in [5.41, 5.74) is 1.23. The third-order valence-corrected chi connectivity index (χ3v) is 4.35. The van der Waals surface area contributed by atoms with Crippen LogP contribution in [-0.4, -0.2) is 25.3 Å². The molecule has 0 saturated heterocycles. The van der Waals surface area contributed by atoms with Crippen LogP contribution in [0.2, 0.25) is 5.02 Å². The van der Waals surface area contributed by atoms with Gasteiger partial charge >= 0.3 is 0 Å². The molecule has 2 aromatic carbocycles. The highest BCUT2D eigenvalue weighted by Gasteiger charge is 2.21. The quantitative estimate of drug-likeness (QED) is 0.627. The van der Waals surface area contributed by atoms with Gasteiger partial charge in [-0.25, -0.2) is 0 Å². The second-order valence-electron chi connectivity index (χ2n) is 5.83. The molecule has 0 bridgehead atoms. The predicted octanol–water partition coefficient (Wildman–Crippen LogP) is 4.48. The summed E-state index contributed by atoms with van der Waals surface area (Å²) in [6.45, 7) is 1.86. The van der Waals surface area contributed by atoms with Crippen molar-refractivity contribution in [3.05, 3.63) is 64.5 Å². The topological polar surface area (TPSA) is 82.8 Å². The summed E-state index contributed by atoms with van der Waals surface area (Å²) in [7, 11) is 3.12. The Morgan fingerprint density at radius 1 is 1.11 bits per heavy atom. The number of carbonyl (C=O) groups excluding carboxylic acids is 1. The smallest absolute Gasteiger partial charge is 0.278 e. The molecule has 0 atom stereocenters. The van der Waals surface area contributed by atoms with Crippen LogP contribution in [0.1, 0.15) is 21.8 Å². The third-order valence-electron chi connectivity index (χ3n) is 4.05. The second kappa shape index (κ2) is 8.67. The van der Waals surface area contributed by atoms with Crippen molar-refractivity contribution in [1.82, 2.24) is 5.16 Å². The molecule has 3 rings (SSSR count). The van der Waals surface area contributed by atoms with Crippen LogP contribution in [0.15, 0.2) is 47.0 Å². The van der Waals surface area contributed by atoms with Gasteiger partial charge in [0.15, 0.2) is 5.69 Å². The molecule has 1 aromatic heterocycles. The molecule has 0 saturated carbocycles. The monoisotopic (exact) mass is 402 g/mol. The first kappa shape index (κ1) is 19.6. The first-order chi connectivity index (χ1) is 13.5. The molecule has 1 N–H and O–H groups in total. The lowest BCUT2D eigenvalue weighted by Gasteiger charge is -2.09. The number of nitrogens with zero attached hydrogens (tertiary/aromatic N) is 1. The molecule has 8 heteroatoms. The minimum absolute atomic E-state index is 0.133. The van der Waals surface area contributed by atoms with Gasteiger partial charge in [-0.3, -0.25) is 4.79 Å². The SMILES string of the molecule is COc1ccc(OCc2c(C(=O)Nc3ccc(OC)c(Cl)c3)noc2C)cc1. The Kier molecular flexibility index (Phi) is 6.06. The molecular weight excluding hydrogens is 384 g/mol. The molecule has 0 aliphatic carbocycles. The highest BCUT2D eigenvalue weighted by Crippen LogP contribution is 2.28. The van der Waals surface area contributed by atoms with E-state index in [2.05, 4.69) is 10.5 Å². The standard InChI is InChI=1S/C20H19ClN2O5/c1-12-16(11-27-15-7-5-14(25-2)6-8-15)19(23-28-12)20(24)22-13-4-9-18(26-3)17(21)10-13/h4-10H,11H2,1-3H3,(H,22,24). The van der Waals surface area contributed by atoms with Crippen molar-refractivity contribution in [2.75, 3.05) is 19.5 Å². The van der Waals surface area contributed by atoms with Crippen LogP contribution in [0.4, 0.5) is 5.69 Å². The zero-order valence-corrected chi connectivity index (χ0v) is 16.4. The Morgan fingerprint density at radius 3 is 2.46 bits per heavy atom. The zero-order valence-electron chi connectivity index (χ0n) is 15.6. The van der Waals surface area contributed by atoms with Gasteiger partial charge in [-0.2, -0.15) is 0 Å². The Morgan fingerprint density at radius 2 is 1.82 bits per heavy atom. The number of hydrogen-bond acceptors (Lipinski definition) is 6. The molecule has 0 spiro atoms. The van der Waals surface area contributed by atoms with Crippen molar-refractivity contribution in [3.8, 4) is 17.2 Å². The largest absolute Gasteiger partial charge is 0.497 e. The van der Waals surface area contributed by atoms with Crippen LogP contribution in [0, 0.1) is 6.92 Å². The minimum atomic E-state index is -0.425. The van der Waals surface area contributed by atoms with Gasteiger partial charge in [0.2, 0.25) is 0 Å². The van der Waals surface area contributed by atoms with Gasteiger partial charge < -0.3 is 24.1 Å². The fourth-order valence-electron chi connectivity index (χ4n) is 2.50. The molecule has 0 aliphatic heterocycles. The summed E-state index contributed by atoms with van der Waals surface area (Å²) >= 11 is 6.09. The van der Waals surface area contributed by atoms with E-state index >= 15 is 0 Å². The Labute approximate surface area is 167 Å².